The van der Waals surface area contributed by atoms with Gasteiger partial charge in [0.25, 0.3) is 5.69 Å². The fourth-order valence-electron chi connectivity index (χ4n) is 2.84. The molecule has 1 aliphatic rings. The number of aromatic hydroxyl groups is 1. The van der Waals surface area contributed by atoms with E-state index in [4.69, 9.17) is 0 Å². The molecule has 0 unspecified atom stereocenters. The number of nitrogens with one attached hydrogen (secondary N) is 1. The lowest BCUT2D eigenvalue weighted by molar-refractivity contribution is -0.385. The molecule has 1 aliphatic heterocycles. The largest absolute Gasteiger partial charge is 0.508 e. The highest BCUT2D eigenvalue weighted by atomic mass is 35.5. The van der Waals surface area contributed by atoms with Crippen molar-refractivity contribution in [3.05, 3.63) is 56.3 Å². The molecular weight excluding hydrogens is 373 g/mol. The van der Waals surface area contributed by atoms with E-state index in [0.29, 0.717) is 5.56 Å². The van der Waals surface area contributed by atoms with Crippen LogP contribution in [0.15, 0.2) is 35.7 Å². The molecule has 9 heteroatoms. The third-order valence-electron chi connectivity index (χ3n) is 3.83. The Balaban J connectivity index is 0.00000144. The summed E-state index contributed by atoms with van der Waals surface area (Å²) in [5.74, 6) is 0.0530. The third kappa shape index (κ3) is 4.37. The fraction of sp³-hybridized carbons (Fsp3) is 0.333. The normalized spacial score (nSPS) is 15.8. The first kappa shape index (κ1) is 20.7. The van der Waals surface area contributed by atoms with Gasteiger partial charge >= 0.3 is 0 Å². The highest BCUT2D eigenvalue weighted by Crippen LogP contribution is 2.38. The van der Waals surface area contributed by atoms with Crippen LogP contribution in [0.25, 0.3) is 0 Å². The average Bonchev–Trinajstić information content (AvgIpc) is 3.02. The first-order valence-corrected chi connectivity index (χ1v) is 8.00. The van der Waals surface area contributed by atoms with E-state index in [1.807, 2.05) is 17.5 Å². The predicted octanol–water partition coefficient (Wildman–Crippen LogP) is 3.20. The summed E-state index contributed by atoms with van der Waals surface area (Å²) < 4.78 is 0. The Hall–Kier alpha value is -1.38. The van der Waals surface area contributed by atoms with Gasteiger partial charge in [0.1, 0.15) is 5.75 Å². The number of phenolic OH excluding ortho intramolecular Hbond substituents is 1. The van der Waals surface area contributed by atoms with Crippen LogP contribution in [0.5, 0.6) is 5.75 Å². The summed E-state index contributed by atoms with van der Waals surface area (Å²) in [6.45, 7) is 3.34. The zero-order valence-electron chi connectivity index (χ0n) is 12.8. The summed E-state index contributed by atoms with van der Waals surface area (Å²) >= 11 is 1.58. The molecular formula is C15H19Cl2N3O3S. The maximum Gasteiger partial charge on any atom is 0.274 e. The zero-order valence-corrected chi connectivity index (χ0v) is 15.2. The topological polar surface area (TPSA) is 78.6 Å². The van der Waals surface area contributed by atoms with E-state index in [1.165, 1.54) is 18.2 Å². The van der Waals surface area contributed by atoms with Gasteiger partial charge in [0.15, 0.2) is 0 Å². The number of rotatable bonds is 4. The smallest absolute Gasteiger partial charge is 0.274 e. The number of piperazine rings is 1. The lowest BCUT2D eigenvalue weighted by Crippen LogP contribution is -2.45. The molecule has 1 aromatic carbocycles. The number of nitro benzene ring substituents is 1. The van der Waals surface area contributed by atoms with Gasteiger partial charge in [-0.25, -0.2) is 0 Å². The molecule has 2 N–H and O–H groups in total. The second kappa shape index (κ2) is 9.19. The number of halogens is 2. The molecule has 1 saturated heterocycles. The molecule has 3 rings (SSSR count). The number of hydrogen-bond acceptors (Lipinski definition) is 6. The van der Waals surface area contributed by atoms with Crippen LogP contribution in [0, 0.1) is 10.1 Å². The van der Waals surface area contributed by atoms with Crippen molar-refractivity contribution in [3.8, 4) is 5.75 Å². The van der Waals surface area contributed by atoms with Crippen molar-refractivity contribution in [2.75, 3.05) is 26.2 Å². The Morgan fingerprint density at radius 3 is 2.54 bits per heavy atom. The lowest BCUT2D eigenvalue weighted by Gasteiger charge is -2.34. The van der Waals surface area contributed by atoms with Crippen LogP contribution in [0.4, 0.5) is 5.69 Å². The van der Waals surface area contributed by atoms with Crippen molar-refractivity contribution in [3.63, 3.8) is 0 Å². The summed E-state index contributed by atoms with van der Waals surface area (Å²) in [5.41, 5.74) is 0.601. The number of thiophene rings is 1. The van der Waals surface area contributed by atoms with Gasteiger partial charge in [-0.3, -0.25) is 15.0 Å². The molecule has 132 valence electrons. The second-order valence-corrected chi connectivity index (χ2v) is 6.18. The van der Waals surface area contributed by atoms with E-state index in [1.54, 1.807) is 11.3 Å². The van der Waals surface area contributed by atoms with Crippen LogP contribution < -0.4 is 5.32 Å². The molecule has 2 aromatic rings. The SMILES string of the molecule is Cl.Cl.O=[N+]([O-])c1ccc(O)cc1[C@H](c1cccs1)N1CCNCC1. The average molecular weight is 392 g/mol. The molecule has 0 saturated carbocycles. The van der Waals surface area contributed by atoms with Crippen molar-refractivity contribution >= 4 is 41.8 Å². The van der Waals surface area contributed by atoms with Gasteiger partial charge in [-0.2, -0.15) is 0 Å². The van der Waals surface area contributed by atoms with Gasteiger partial charge in [-0.15, -0.1) is 36.2 Å². The standard InChI is InChI=1S/C15H17N3O3S.2ClH/c19-11-3-4-13(18(20)21)12(10-11)15(14-2-1-9-22-14)17-7-5-16-6-8-17;;/h1-4,9-10,15-16,19H,5-8H2;2*1H/t15-;;/m1../s1. The van der Waals surface area contributed by atoms with Crippen molar-refractivity contribution in [1.82, 2.24) is 10.2 Å². The quantitative estimate of drug-likeness (QED) is 0.617. The number of benzene rings is 1. The summed E-state index contributed by atoms with van der Waals surface area (Å²) in [6, 6.07) is 8.01. The lowest BCUT2D eigenvalue weighted by atomic mass is 10.0. The minimum atomic E-state index is -0.377. The van der Waals surface area contributed by atoms with Gasteiger partial charge < -0.3 is 10.4 Å². The van der Waals surface area contributed by atoms with Crippen molar-refractivity contribution in [1.29, 1.82) is 0 Å². The van der Waals surface area contributed by atoms with E-state index in [0.717, 1.165) is 31.1 Å². The molecule has 0 spiro atoms. The summed E-state index contributed by atoms with van der Waals surface area (Å²) in [5, 5.41) is 26.5. The number of nitro groups is 1. The van der Waals surface area contributed by atoms with Crippen molar-refractivity contribution < 1.29 is 10.0 Å². The molecule has 0 radical (unpaired) electrons. The van der Waals surface area contributed by atoms with Gasteiger partial charge in [0.2, 0.25) is 0 Å². The van der Waals surface area contributed by atoms with Crippen LogP contribution in [0.1, 0.15) is 16.5 Å². The van der Waals surface area contributed by atoms with Crippen molar-refractivity contribution in [2.45, 2.75) is 6.04 Å². The van der Waals surface area contributed by atoms with Crippen LogP contribution in [0.2, 0.25) is 0 Å². The number of nitrogens with zero attached hydrogens (tertiary/aromatic N) is 2. The van der Waals surface area contributed by atoms with Gasteiger partial charge in [-0.1, -0.05) is 6.07 Å². The molecule has 0 bridgehead atoms. The fourth-order valence-corrected chi connectivity index (χ4v) is 3.72. The van der Waals surface area contributed by atoms with E-state index >= 15 is 0 Å². The van der Waals surface area contributed by atoms with Crippen LogP contribution in [0.3, 0.4) is 0 Å². The number of phenols is 1. The predicted molar refractivity (Wildman–Crippen MR) is 99.9 cm³/mol. The van der Waals surface area contributed by atoms with E-state index in [2.05, 4.69) is 10.2 Å². The van der Waals surface area contributed by atoms with Gasteiger partial charge in [-0.05, 0) is 23.6 Å². The monoisotopic (exact) mass is 391 g/mol. The highest BCUT2D eigenvalue weighted by Gasteiger charge is 2.30. The molecule has 2 heterocycles. The molecule has 1 aromatic heterocycles. The van der Waals surface area contributed by atoms with E-state index in [-0.39, 0.29) is 47.2 Å². The highest BCUT2D eigenvalue weighted by molar-refractivity contribution is 7.10. The van der Waals surface area contributed by atoms with Crippen LogP contribution in [-0.2, 0) is 0 Å². The summed E-state index contributed by atoms with van der Waals surface area (Å²) in [6.07, 6.45) is 0. The molecule has 0 amide bonds. The van der Waals surface area contributed by atoms with Crippen molar-refractivity contribution in [2.24, 2.45) is 0 Å². The Morgan fingerprint density at radius 1 is 1.25 bits per heavy atom. The van der Waals surface area contributed by atoms with Gasteiger partial charge in [0, 0.05) is 37.1 Å². The molecule has 1 atom stereocenters. The Labute approximate surface area is 156 Å². The first-order chi connectivity index (χ1) is 10.7. The molecule has 6 nitrogen and oxygen atoms in total. The minimum Gasteiger partial charge on any atom is -0.508 e. The van der Waals surface area contributed by atoms with Gasteiger partial charge in [0.05, 0.1) is 16.5 Å². The zero-order chi connectivity index (χ0) is 15.5. The first-order valence-electron chi connectivity index (χ1n) is 7.12. The molecule has 1 fully saturated rings. The van der Waals surface area contributed by atoms with Crippen LogP contribution in [-0.4, -0.2) is 41.1 Å². The van der Waals surface area contributed by atoms with E-state index < -0.39 is 0 Å². The molecule has 24 heavy (non-hydrogen) atoms. The van der Waals surface area contributed by atoms with Crippen LogP contribution >= 0.6 is 36.2 Å². The summed E-state index contributed by atoms with van der Waals surface area (Å²) in [7, 11) is 0. The number of hydrogen-bond donors (Lipinski definition) is 2. The second-order valence-electron chi connectivity index (χ2n) is 5.20. The molecule has 0 aliphatic carbocycles. The Morgan fingerprint density at radius 2 is 1.96 bits per heavy atom. The summed E-state index contributed by atoms with van der Waals surface area (Å²) in [4.78, 5) is 14.3. The third-order valence-corrected chi connectivity index (χ3v) is 4.76. The van der Waals surface area contributed by atoms with E-state index in [9.17, 15) is 15.2 Å². The Bertz CT molecular complexity index is 664. The maximum atomic E-state index is 11.4. The maximum absolute atomic E-state index is 11.4. The minimum absolute atomic E-state index is 0. The Kier molecular flexibility index (Phi) is 7.92.